The standard InChI is InChI=1S/C30H42O4/c1-3-4-5-6-7-9-24-11-13-25(14-12-24)10-8-23-33-28-19-21-29(22-20-28)34-30(31)26-15-17-27(32-2)18-16-26/h15-22,24-25H,3-14,23H2,1-2H3. The predicted molar refractivity (Wildman–Crippen MR) is 138 cm³/mol. The van der Waals surface area contributed by atoms with Crippen molar-refractivity contribution in [3.8, 4) is 17.2 Å². The summed E-state index contributed by atoms with van der Waals surface area (Å²) in [5.41, 5.74) is 0.488. The van der Waals surface area contributed by atoms with Crippen molar-refractivity contribution in [2.75, 3.05) is 13.7 Å². The first-order valence-corrected chi connectivity index (χ1v) is 13.3. The topological polar surface area (TPSA) is 44.8 Å². The molecule has 0 N–H and O–H groups in total. The molecule has 2 aromatic carbocycles. The Hall–Kier alpha value is -2.49. The monoisotopic (exact) mass is 466 g/mol. The zero-order valence-corrected chi connectivity index (χ0v) is 21.1. The van der Waals surface area contributed by atoms with Crippen molar-refractivity contribution in [2.45, 2.75) is 84.0 Å². The van der Waals surface area contributed by atoms with E-state index >= 15 is 0 Å². The van der Waals surface area contributed by atoms with Gasteiger partial charge in [-0.15, -0.1) is 0 Å². The fourth-order valence-electron chi connectivity index (χ4n) is 4.90. The van der Waals surface area contributed by atoms with E-state index in [1.165, 1.54) is 70.6 Å². The summed E-state index contributed by atoms with van der Waals surface area (Å²) < 4.78 is 16.5. The van der Waals surface area contributed by atoms with E-state index in [9.17, 15) is 4.79 Å². The normalized spacial score (nSPS) is 17.8. The molecule has 0 aromatic heterocycles. The van der Waals surface area contributed by atoms with Gasteiger partial charge in [0, 0.05) is 0 Å². The molecule has 186 valence electrons. The van der Waals surface area contributed by atoms with Crippen LogP contribution in [0.25, 0.3) is 0 Å². The van der Waals surface area contributed by atoms with E-state index in [1.807, 2.05) is 12.1 Å². The van der Waals surface area contributed by atoms with Crippen molar-refractivity contribution in [2.24, 2.45) is 11.8 Å². The number of esters is 1. The molecule has 1 aliphatic rings. The van der Waals surface area contributed by atoms with Crippen LogP contribution in [0.5, 0.6) is 17.2 Å². The molecule has 0 spiro atoms. The molecule has 0 heterocycles. The van der Waals surface area contributed by atoms with Gasteiger partial charge >= 0.3 is 5.97 Å². The molecule has 2 aromatic rings. The van der Waals surface area contributed by atoms with Gasteiger partial charge < -0.3 is 14.2 Å². The molecule has 4 nitrogen and oxygen atoms in total. The van der Waals surface area contributed by atoms with Crippen LogP contribution in [0.4, 0.5) is 0 Å². The molecule has 3 rings (SSSR count). The maximum absolute atomic E-state index is 12.3. The largest absolute Gasteiger partial charge is 0.497 e. The minimum absolute atomic E-state index is 0.387. The Balaban J connectivity index is 1.27. The maximum Gasteiger partial charge on any atom is 0.343 e. The summed E-state index contributed by atoms with van der Waals surface area (Å²) in [6.45, 7) is 3.02. The summed E-state index contributed by atoms with van der Waals surface area (Å²) in [7, 11) is 1.60. The second-order valence-corrected chi connectivity index (χ2v) is 9.67. The lowest BCUT2D eigenvalue weighted by Crippen LogP contribution is -2.15. The van der Waals surface area contributed by atoms with Crippen molar-refractivity contribution in [1.29, 1.82) is 0 Å². The van der Waals surface area contributed by atoms with Gasteiger partial charge in [0.1, 0.15) is 17.2 Å². The van der Waals surface area contributed by atoms with Crippen LogP contribution in [0.2, 0.25) is 0 Å². The Morgan fingerprint density at radius 2 is 1.29 bits per heavy atom. The van der Waals surface area contributed by atoms with Crippen molar-refractivity contribution in [1.82, 2.24) is 0 Å². The average Bonchev–Trinajstić information content (AvgIpc) is 2.88. The molecule has 0 saturated heterocycles. The number of rotatable bonds is 14. The Bertz CT molecular complexity index is 820. The van der Waals surface area contributed by atoms with Gasteiger partial charge in [-0.25, -0.2) is 4.79 Å². The molecule has 34 heavy (non-hydrogen) atoms. The minimum Gasteiger partial charge on any atom is -0.497 e. The van der Waals surface area contributed by atoms with Crippen LogP contribution < -0.4 is 14.2 Å². The van der Waals surface area contributed by atoms with Crippen molar-refractivity contribution < 1.29 is 19.0 Å². The van der Waals surface area contributed by atoms with Gasteiger partial charge in [0.15, 0.2) is 0 Å². The van der Waals surface area contributed by atoms with E-state index in [4.69, 9.17) is 14.2 Å². The highest BCUT2D eigenvalue weighted by molar-refractivity contribution is 5.91. The predicted octanol–water partition coefficient (Wildman–Crippen LogP) is 8.24. The van der Waals surface area contributed by atoms with Gasteiger partial charge in [0.2, 0.25) is 0 Å². The van der Waals surface area contributed by atoms with E-state index in [2.05, 4.69) is 6.92 Å². The zero-order chi connectivity index (χ0) is 24.0. The number of methoxy groups -OCH3 is 1. The van der Waals surface area contributed by atoms with Gasteiger partial charge in [-0.1, -0.05) is 71.1 Å². The molecule has 0 bridgehead atoms. The first-order chi connectivity index (χ1) is 16.7. The van der Waals surface area contributed by atoms with Crippen LogP contribution in [0, 0.1) is 11.8 Å². The van der Waals surface area contributed by atoms with Gasteiger partial charge in [-0.2, -0.15) is 0 Å². The van der Waals surface area contributed by atoms with E-state index in [0.29, 0.717) is 17.1 Å². The molecule has 0 atom stereocenters. The molecule has 0 amide bonds. The van der Waals surface area contributed by atoms with Crippen LogP contribution in [0.1, 0.15) is 94.3 Å². The van der Waals surface area contributed by atoms with Crippen LogP contribution in [-0.4, -0.2) is 19.7 Å². The number of ether oxygens (including phenoxy) is 3. The van der Waals surface area contributed by atoms with E-state index in [0.717, 1.165) is 30.6 Å². The highest BCUT2D eigenvalue weighted by atomic mass is 16.5. The van der Waals surface area contributed by atoms with Gasteiger partial charge in [-0.05, 0) is 73.2 Å². The fraction of sp³-hybridized carbons (Fsp3) is 0.567. The van der Waals surface area contributed by atoms with Crippen molar-refractivity contribution in [3.05, 3.63) is 54.1 Å². The van der Waals surface area contributed by atoms with Gasteiger partial charge in [0.25, 0.3) is 0 Å². The highest BCUT2D eigenvalue weighted by Gasteiger charge is 2.20. The quantitative estimate of drug-likeness (QED) is 0.160. The summed E-state index contributed by atoms with van der Waals surface area (Å²) >= 11 is 0. The lowest BCUT2D eigenvalue weighted by molar-refractivity contribution is 0.0734. The summed E-state index contributed by atoms with van der Waals surface area (Å²) in [6.07, 6.45) is 16.5. The minimum atomic E-state index is -0.387. The van der Waals surface area contributed by atoms with Crippen LogP contribution in [0.15, 0.2) is 48.5 Å². The van der Waals surface area contributed by atoms with Gasteiger partial charge in [-0.3, -0.25) is 0 Å². The van der Waals surface area contributed by atoms with Crippen LogP contribution in [-0.2, 0) is 0 Å². The summed E-state index contributed by atoms with van der Waals surface area (Å²) in [6, 6.07) is 14.2. The van der Waals surface area contributed by atoms with E-state index in [-0.39, 0.29) is 5.97 Å². The molecule has 0 unspecified atom stereocenters. The Kier molecular flexibility index (Phi) is 11.3. The van der Waals surface area contributed by atoms with Crippen LogP contribution in [0.3, 0.4) is 0 Å². The number of unbranched alkanes of at least 4 members (excludes halogenated alkanes) is 4. The second kappa shape index (κ2) is 14.7. The Labute approximate surface area is 206 Å². The molecular formula is C30H42O4. The van der Waals surface area contributed by atoms with Crippen molar-refractivity contribution in [3.63, 3.8) is 0 Å². The first-order valence-electron chi connectivity index (χ1n) is 13.3. The number of carbonyl (C=O) groups is 1. The lowest BCUT2D eigenvalue weighted by Gasteiger charge is -2.28. The molecular weight excluding hydrogens is 424 g/mol. The smallest absolute Gasteiger partial charge is 0.343 e. The third kappa shape index (κ3) is 9.04. The fourth-order valence-corrected chi connectivity index (χ4v) is 4.90. The lowest BCUT2D eigenvalue weighted by atomic mass is 9.78. The van der Waals surface area contributed by atoms with E-state index in [1.54, 1.807) is 43.5 Å². The molecule has 1 aliphatic carbocycles. The number of hydrogen-bond donors (Lipinski definition) is 0. The molecule has 1 saturated carbocycles. The summed E-state index contributed by atoms with van der Waals surface area (Å²) in [5, 5.41) is 0. The molecule has 1 fully saturated rings. The third-order valence-electron chi connectivity index (χ3n) is 7.07. The number of hydrogen-bond acceptors (Lipinski definition) is 4. The molecule has 0 aliphatic heterocycles. The highest BCUT2D eigenvalue weighted by Crippen LogP contribution is 2.34. The summed E-state index contributed by atoms with van der Waals surface area (Å²) in [5.74, 6) is 3.50. The van der Waals surface area contributed by atoms with Gasteiger partial charge in [0.05, 0.1) is 19.3 Å². The van der Waals surface area contributed by atoms with Crippen molar-refractivity contribution >= 4 is 5.97 Å². The Morgan fingerprint density at radius 1 is 0.735 bits per heavy atom. The SMILES string of the molecule is CCCCCCCC1CCC(CCCOc2ccc(OC(=O)c3ccc(OC)cc3)cc2)CC1. The number of carbonyl (C=O) groups excluding carboxylic acids is 1. The number of benzene rings is 2. The Morgan fingerprint density at radius 3 is 1.91 bits per heavy atom. The van der Waals surface area contributed by atoms with E-state index < -0.39 is 0 Å². The maximum atomic E-state index is 12.3. The first kappa shape index (κ1) is 26.1. The average molecular weight is 467 g/mol. The molecule has 0 radical (unpaired) electrons. The third-order valence-corrected chi connectivity index (χ3v) is 7.07. The molecule has 4 heteroatoms. The second-order valence-electron chi connectivity index (χ2n) is 9.67. The zero-order valence-electron chi connectivity index (χ0n) is 21.1. The summed E-state index contributed by atoms with van der Waals surface area (Å²) in [4.78, 5) is 12.3. The van der Waals surface area contributed by atoms with Crippen LogP contribution >= 0.6 is 0 Å².